The highest BCUT2D eigenvalue weighted by molar-refractivity contribution is 5.17. The zero-order valence-electron chi connectivity index (χ0n) is 6.09. The minimum Gasteiger partial charge on any atom is -0.325 e. The van der Waals surface area contributed by atoms with Crippen LogP contribution in [-0.2, 0) is 0 Å². The Morgan fingerprint density at radius 3 is 2.22 bits per heavy atom. The normalized spacial score (nSPS) is 57.7. The molecule has 9 heavy (non-hydrogen) atoms. The van der Waals surface area contributed by atoms with Crippen molar-refractivity contribution in [2.75, 3.05) is 20.1 Å². The Morgan fingerprint density at radius 1 is 1.44 bits per heavy atom. The lowest BCUT2D eigenvalue weighted by atomic mass is 10.2. The number of likely N-dealkylation sites (tertiary alicyclic amines) is 1. The van der Waals surface area contributed by atoms with Crippen LogP contribution in [0.5, 0.6) is 0 Å². The Hall–Kier alpha value is -0.0800. The molecule has 2 aliphatic rings. The summed E-state index contributed by atoms with van der Waals surface area (Å²) in [5.74, 6) is 1.62. The van der Waals surface area contributed by atoms with Gasteiger partial charge >= 0.3 is 0 Å². The van der Waals surface area contributed by atoms with E-state index in [1.807, 2.05) is 0 Å². The van der Waals surface area contributed by atoms with Gasteiger partial charge in [-0.2, -0.15) is 0 Å². The summed E-state index contributed by atoms with van der Waals surface area (Å²) in [6.07, 6.45) is 0. The Kier molecular flexibility index (Phi) is 0.837. The third-order valence-corrected chi connectivity index (χ3v) is 2.99. The molecule has 0 aromatic heterocycles. The van der Waals surface area contributed by atoms with Crippen molar-refractivity contribution in [1.82, 2.24) is 4.90 Å². The Balaban J connectivity index is 2.06. The summed E-state index contributed by atoms with van der Waals surface area (Å²) in [6.45, 7) is 4.62. The second-order valence-electron chi connectivity index (χ2n) is 3.80. The van der Waals surface area contributed by atoms with Crippen molar-refractivity contribution in [2.24, 2.45) is 17.6 Å². The fraction of sp³-hybridized carbons (Fsp3) is 1.00. The molecule has 2 rings (SSSR count). The van der Waals surface area contributed by atoms with Crippen molar-refractivity contribution >= 4 is 0 Å². The van der Waals surface area contributed by atoms with Gasteiger partial charge in [0.05, 0.1) is 0 Å². The molecule has 2 atom stereocenters. The molecule has 0 bridgehead atoms. The summed E-state index contributed by atoms with van der Waals surface area (Å²) in [7, 11) is 2.17. The van der Waals surface area contributed by atoms with Crippen LogP contribution in [0.25, 0.3) is 0 Å². The van der Waals surface area contributed by atoms with E-state index in [9.17, 15) is 0 Å². The van der Waals surface area contributed by atoms with Crippen LogP contribution in [0.3, 0.4) is 0 Å². The van der Waals surface area contributed by atoms with Gasteiger partial charge in [-0.25, -0.2) is 0 Å². The average molecular weight is 126 g/mol. The Bertz CT molecular complexity index is 128. The van der Waals surface area contributed by atoms with Gasteiger partial charge in [0.25, 0.3) is 0 Å². The van der Waals surface area contributed by atoms with Gasteiger partial charge in [0.15, 0.2) is 0 Å². The zero-order chi connectivity index (χ0) is 6.65. The first-order chi connectivity index (χ1) is 4.12. The van der Waals surface area contributed by atoms with Crippen LogP contribution in [0, 0.1) is 11.8 Å². The van der Waals surface area contributed by atoms with Gasteiger partial charge in [-0.15, -0.1) is 0 Å². The first kappa shape index (κ1) is 5.69. The third-order valence-electron chi connectivity index (χ3n) is 2.99. The number of nitrogens with two attached hydrogens (primary N) is 1. The molecular weight excluding hydrogens is 112 g/mol. The lowest BCUT2D eigenvalue weighted by Crippen LogP contribution is -2.32. The number of fused-ring (bicyclic) bond motifs is 1. The number of hydrogen-bond acceptors (Lipinski definition) is 2. The van der Waals surface area contributed by atoms with E-state index in [4.69, 9.17) is 5.73 Å². The van der Waals surface area contributed by atoms with Crippen LogP contribution < -0.4 is 5.73 Å². The number of nitrogens with zero attached hydrogens (tertiary/aromatic N) is 1. The predicted molar refractivity (Wildman–Crippen MR) is 37.1 cm³/mol. The van der Waals surface area contributed by atoms with Crippen molar-refractivity contribution < 1.29 is 0 Å². The highest BCUT2D eigenvalue weighted by atomic mass is 15.2. The van der Waals surface area contributed by atoms with E-state index in [0.29, 0.717) is 0 Å². The molecule has 1 saturated heterocycles. The van der Waals surface area contributed by atoms with Crippen molar-refractivity contribution in [3.05, 3.63) is 0 Å². The molecule has 1 heterocycles. The predicted octanol–water partition coefficient (Wildman–Crippen LogP) is -0.105. The minimum atomic E-state index is 0.201. The van der Waals surface area contributed by atoms with E-state index in [0.717, 1.165) is 11.8 Å². The molecule has 2 heteroatoms. The molecule has 0 aromatic carbocycles. The molecule has 2 N–H and O–H groups in total. The van der Waals surface area contributed by atoms with Gasteiger partial charge in [0.2, 0.25) is 0 Å². The molecule has 1 saturated carbocycles. The molecule has 0 aromatic rings. The Labute approximate surface area is 56.0 Å². The molecule has 1 aliphatic carbocycles. The second-order valence-corrected chi connectivity index (χ2v) is 3.80. The van der Waals surface area contributed by atoms with Gasteiger partial charge in [0, 0.05) is 18.6 Å². The van der Waals surface area contributed by atoms with Crippen molar-refractivity contribution in [3.63, 3.8) is 0 Å². The van der Waals surface area contributed by atoms with E-state index in [-0.39, 0.29) is 5.54 Å². The maximum absolute atomic E-state index is 5.95. The lowest BCUT2D eigenvalue weighted by Gasteiger charge is -2.15. The van der Waals surface area contributed by atoms with Crippen molar-refractivity contribution in [1.29, 1.82) is 0 Å². The van der Waals surface area contributed by atoms with Crippen molar-refractivity contribution in [2.45, 2.75) is 12.5 Å². The van der Waals surface area contributed by atoms with Gasteiger partial charge < -0.3 is 10.6 Å². The molecular formula is C7H14N2. The highest BCUT2D eigenvalue weighted by Crippen LogP contribution is 2.52. The van der Waals surface area contributed by atoms with Crippen LogP contribution in [0.4, 0.5) is 0 Å². The standard InChI is InChI=1S/C7H14N2/c1-7(8)5-3-9(2)4-6(5)7/h5-6H,3-4,8H2,1-2H3. The molecule has 52 valence electrons. The number of piperidine rings is 1. The topological polar surface area (TPSA) is 29.3 Å². The first-order valence-corrected chi connectivity index (χ1v) is 3.60. The van der Waals surface area contributed by atoms with Gasteiger partial charge in [-0.3, -0.25) is 0 Å². The van der Waals surface area contributed by atoms with E-state index in [1.165, 1.54) is 13.1 Å². The summed E-state index contributed by atoms with van der Waals surface area (Å²) in [5, 5.41) is 0. The summed E-state index contributed by atoms with van der Waals surface area (Å²) in [6, 6.07) is 0. The third kappa shape index (κ3) is 0.578. The van der Waals surface area contributed by atoms with Crippen LogP contribution >= 0.6 is 0 Å². The highest BCUT2D eigenvalue weighted by Gasteiger charge is 2.62. The molecule has 2 unspecified atom stereocenters. The van der Waals surface area contributed by atoms with Gasteiger partial charge in [-0.1, -0.05) is 0 Å². The van der Waals surface area contributed by atoms with Crippen LogP contribution in [0.15, 0.2) is 0 Å². The van der Waals surface area contributed by atoms with Crippen LogP contribution in [-0.4, -0.2) is 30.6 Å². The molecule has 0 radical (unpaired) electrons. The van der Waals surface area contributed by atoms with Crippen molar-refractivity contribution in [3.8, 4) is 0 Å². The van der Waals surface area contributed by atoms with Gasteiger partial charge in [0.1, 0.15) is 0 Å². The first-order valence-electron chi connectivity index (χ1n) is 3.60. The van der Waals surface area contributed by atoms with Crippen LogP contribution in [0.1, 0.15) is 6.92 Å². The maximum Gasteiger partial charge on any atom is 0.0215 e. The van der Waals surface area contributed by atoms with E-state index in [1.54, 1.807) is 0 Å². The SMILES string of the molecule is CN1CC2C(C1)C2(C)N. The van der Waals surface area contributed by atoms with E-state index in [2.05, 4.69) is 18.9 Å². The van der Waals surface area contributed by atoms with Crippen LogP contribution in [0.2, 0.25) is 0 Å². The molecule has 2 fully saturated rings. The molecule has 0 amide bonds. The quantitative estimate of drug-likeness (QED) is 0.491. The smallest absolute Gasteiger partial charge is 0.0215 e. The fourth-order valence-electron chi connectivity index (χ4n) is 2.12. The largest absolute Gasteiger partial charge is 0.325 e. The lowest BCUT2D eigenvalue weighted by molar-refractivity contribution is 0.334. The molecule has 0 spiro atoms. The summed E-state index contributed by atoms with van der Waals surface area (Å²) >= 11 is 0. The number of hydrogen-bond donors (Lipinski definition) is 1. The minimum absolute atomic E-state index is 0.201. The average Bonchev–Trinajstić information content (AvgIpc) is 2.27. The second kappa shape index (κ2) is 1.32. The van der Waals surface area contributed by atoms with Gasteiger partial charge in [-0.05, 0) is 25.8 Å². The number of rotatable bonds is 0. The summed E-state index contributed by atoms with van der Waals surface area (Å²) in [5.41, 5.74) is 6.15. The fourth-order valence-corrected chi connectivity index (χ4v) is 2.12. The summed E-state index contributed by atoms with van der Waals surface area (Å²) < 4.78 is 0. The zero-order valence-corrected chi connectivity index (χ0v) is 6.09. The molecule has 1 aliphatic heterocycles. The van der Waals surface area contributed by atoms with E-state index < -0.39 is 0 Å². The Morgan fingerprint density at radius 2 is 1.89 bits per heavy atom. The maximum atomic E-state index is 5.95. The molecule has 2 nitrogen and oxygen atoms in total. The summed E-state index contributed by atoms with van der Waals surface area (Å²) in [4.78, 5) is 2.37. The monoisotopic (exact) mass is 126 g/mol. The van der Waals surface area contributed by atoms with E-state index >= 15 is 0 Å².